The minimum Gasteiger partial charge on any atom is -0.353 e. The second kappa shape index (κ2) is 4.18. The van der Waals surface area contributed by atoms with E-state index in [4.69, 9.17) is 0 Å². The molecule has 2 N–H and O–H groups in total. The number of rotatable bonds is 1. The predicted octanol–water partition coefficient (Wildman–Crippen LogP) is 1.60. The highest BCUT2D eigenvalue weighted by Gasteiger charge is 2.22. The van der Waals surface area contributed by atoms with E-state index in [-0.39, 0.29) is 11.9 Å². The van der Waals surface area contributed by atoms with Gasteiger partial charge in [-0.25, -0.2) is 0 Å². The maximum Gasteiger partial charge on any atom is 0.241 e. The van der Waals surface area contributed by atoms with Crippen LogP contribution in [0.2, 0.25) is 0 Å². The Hall–Kier alpha value is -1.87. The first kappa shape index (κ1) is 10.3. The van der Waals surface area contributed by atoms with Gasteiger partial charge >= 0.3 is 0 Å². The zero-order valence-corrected chi connectivity index (χ0v) is 9.44. The number of piperazine rings is 1. The van der Waals surface area contributed by atoms with Gasteiger partial charge in [-0.2, -0.15) is 0 Å². The van der Waals surface area contributed by atoms with Crippen LogP contribution in [0.3, 0.4) is 0 Å². The van der Waals surface area contributed by atoms with E-state index in [9.17, 15) is 4.79 Å². The van der Waals surface area contributed by atoms with E-state index >= 15 is 0 Å². The largest absolute Gasteiger partial charge is 0.353 e. The monoisotopic (exact) mass is 226 g/mol. The third-order valence-electron chi connectivity index (χ3n) is 3.14. The quantitative estimate of drug-likeness (QED) is 0.775. The molecule has 1 heterocycles. The van der Waals surface area contributed by atoms with E-state index in [2.05, 4.69) is 34.9 Å². The smallest absolute Gasteiger partial charge is 0.241 e. The molecule has 0 radical (unpaired) electrons. The second-order valence-electron chi connectivity index (χ2n) is 4.28. The highest BCUT2D eigenvalue weighted by molar-refractivity contribution is 5.87. The number of nitrogens with one attached hydrogen (secondary N) is 2. The Kier molecular flexibility index (Phi) is 2.53. The molecule has 1 aliphatic rings. The van der Waals surface area contributed by atoms with Crippen LogP contribution < -0.4 is 10.6 Å². The standard InChI is InChI=1S/C14H14N2O/c17-14-13(15-7-8-16-14)12-6-5-10-3-1-2-4-11(10)9-12/h1-6,9,13,15H,7-8H2,(H,16,17)/t13-/m0/s1. The van der Waals surface area contributed by atoms with Gasteiger partial charge in [0.05, 0.1) is 0 Å². The Morgan fingerprint density at radius 2 is 1.82 bits per heavy atom. The molecule has 2 aromatic rings. The zero-order valence-electron chi connectivity index (χ0n) is 9.44. The van der Waals surface area contributed by atoms with Crippen LogP contribution in [0.1, 0.15) is 11.6 Å². The summed E-state index contributed by atoms with van der Waals surface area (Å²) in [6.45, 7) is 1.53. The van der Waals surface area contributed by atoms with Crippen molar-refractivity contribution in [3.63, 3.8) is 0 Å². The summed E-state index contributed by atoms with van der Waals surface area (Å²) in [4.78, 5) is 11.8. The summed E-state index contributed by atoms with van der Waals surface area (Å²) < 4.78 is 0. The van der Waals surface area contributed by atoms with Crippen molar-refractivity contribution in [1.82, 2.24) is 10.6 Å². The summed E-state index contributed by atoms with van der Waals surface area (Å²) in [5.74, 6) is 0.0616. The topological polar surface area (TPSA) is 41.1 Å². The fourth-order valence-corrected chi connectivity index (χ4v) is 2.25. The van der Waals surface area contributed by atoms with Crippen LogP contribution in [0, 0.1) is 0 Å². The van der Waals surface area contributed by atoms with Crippen LogP contribution in [0.5, 0.6) is 0 Å². The lowest BCUT2D eigenvalue weighted by atomic mass is 10.0. The number of carbonyl (C=O) groups excluding carboxylic acids is 1. The van der Waals surface area contributed by atoms with E-state index < -0.39 is 0 Å². The maximum absolute atomic E-state index is 11.8. The van der Waals surface area contributed by atoms with Crippen molar-refractivity contribution in [2.75, 3.05) is 13.1 Å². The summed E-state index contributed by atoms with van der Waals surface area (Å²) in [6.07, 6.45) is 0. The van der Waals surface area contributed by atoms with Crippen molar-refractivity contribution in [2.24, 2.45) is 0 Å². The van der Waals surface area contributed by atoms with E-state index in [1.54, 1.807) is 0 Å². The molecule has 1 fully saturated rings. The number of hydrogen-bond donors (Lipinski definition) is 2. The van der Waals surface area contributed by atoms with Crippen molar-refractivity contribution >= 4 is 16.7 Å². The third kappa shape index (κ3) is 1.89. The Labute approximate surface area is 99.8 Å². The molecule has 0 bridgehead atoms. The van der Waals surface area contributed by atoms with Crippen LogP contribution in [-0.4, -0.2) is 19.0 Å². The molecular formula is C14H14N2O. The van der Waals surface area contributed by atoms with Crippen molar-refractivity contribution in [2.45, 2.75) is 6.04 Å². The van der Waals surface area contributed by atoms with E-state index in [1.807, 2.05) is 18.2 Å². The van der Waals surface area contributed by atoms with Crippen LogP contribution in [-0.2, 0) is 4.79 Å². The molecule has 0 aromatic heterocycles. The van der Waals surface area contributed by atoms with Gasteiger partial charge in [0.1, 0.15) is 6.04 Å². The summed E-state index contributed by atoms with van der Waals surface area (Å²) in [5, 5.41) is 8.49. The van der Waals surface area contributed by atoms with Crippen molar-refractivity contribution in [1.29, 1.82) is 0 Å². The minimum absolute atomic E-state index is 0.0616. The lowest BCUT2D eigenvalue weighted by Gasteiger charge is -2.24. The van der Waals surface area contributed by atoms with Crippen molar-refractivity contribution < 1.29 is 4.79 Å². The van der Waals surface area contributed by atoms with Gasteiger partial charge in [0.25, 0.3) is 0 Å². The summed E-state index contributed by atoms with van der Waals surface area (Å²) in [6, 6.07) is 14.1. The molecule has 3 nitrogen and oxygen atoms in total. The van der Waals surface area contributed by atoms with Crippen LogP contribution in [0.15, 0.2) is 42.5 Å². The van der Waals surface area contributed by atoms with E-state index in [0.717, 1.165) is 12.1 Å². The van der Waals surface area contributed by atoms with Gasteiger partial charge in [-0.15, -0.1) is 0 Å². The first-order valence-electron chi connectivity index (χ1n) is 5.84. The normalized spacial score (nSPS) is 20.2. The second-order valence-corrected chi connectivity index (χ2v) is 4.28. The molecule has 3 heteroatoms. The summed E-state index contributed by atoms with van der Waals surface area (Å²) >= 11 is 0. The molecule has 0 unspecified atom stereocenters. The van der Waals surface area contributed by atoms with Gasteiger partial charge < -0.3 is 10.6 Å². The van der Waals surface area contributed by atoms with E-state index in [0.29, 0.717) is 6.54 Å². The fourth-order valence-electron chi connectivity index (χ4n) is 2.25. The average molecular weight is 226 g/mol. The lowest BCUT2D eigenvalue weighted by Crippen LogP contribution is -2.47. The number of carbonyl (C=O) groups is 1. The maximum atomic E-state index is 11.8. The van der Waals surface area contributed by atoms with Gasteiger partial charge in [-0.05, 0) is 22.4 Å². The van der Waals surface area contributed by atoms with Gasteiger partial charge in [-0.3, -0.25) is 4.79 Å². The first-order chi connectivity index (χ1) is 8.34. The average Bonchev–Trinajstić information content (AvgIpc) is 2.39. The predicted molar refractivity (Wildman–Crippen MR) is 67.7 cm³/mol. The molecule has 3 rings (SSSR count). The lowest BCUT2D eigenvalue weighted by molar-refractivity contribution is -0.124. The molecular weight excluding hydrogens is 212 g/mol. The van der Waals surface area contributed by atoms with Gasteiger partial charge in [0.2, 0.25) is 5.91 Å². The molecule has 1 atom stereocenters. The van der Waals surface area contributed by atoms with E-state index in [1.165, 1.54) is 10.8 Å². The SMILES string of the molecule is O=C1NCCN[C@H]1c1ccc2ccccc2c1. The molecule has 1 amide bonds. The molecule has 0 saturated carbocycles. The molecule has 0 spiro atoms. The summed E-state index contributed by atoms with van der Waals surface area (Å²) in [5.41, 5.74) is 1.03. The molecule has 2 aromatic carbocycles. The van der Waals surface area contributed by atoms with Gasteiger partial charge in [0.15, 0.2) is 0 Å². The van der Waals surface area contributed by atoms with Gasteiger partial charge in [-0.1, -0.05) is 36.4 Å². The number of amides is 1. The highest BCUT2D eigenvalue weighted by atomic mass is 16.2. The van der Waals surface area contributed by atoms with Crippen LogP contribution in [0.25, 0.3) is 10.8 Å². The molecule has 1 saturated heterocycles. The molecule has 0 aliphatic carbocycles. The Morgan fingerprint density at radius 3 is 2.65 bits per heavy atom. The van der Waals surface area contributed by atoms with Gasteiger partial charge in [0, 0.05) is 13.1 Å². The highest BCUT2D eigenvalue weighted by Crippen LogP contribution is 2.21. The Bertz CT molecular complexity index is 565. The molecule has 1 aliphatic heterocycles. The fraction of sp³-hybridized carbons (Fsp3) is 0.214. The molecule has 86 valence electrons. The number of fused-ring (bicyclic) bond motifs is 1. The van der Waals surface area contributed by atoms with Crippen molar-refractivity contribution in [3.05, 3.63) is 48.0 Å². The molecule has 17 heavy (non-hydrogen) atoms. The van der Waals surface area contributed by atoms with Crippen LogP contribution in [0.4, 0.5) is 0 Å². The van der Waals surface area contributed by atoms with Crippen LogP contribution >= 0.6 is 0 Å². The minimum atomic E-state index is -0.214. The Balaban J connectivity index is 2.02. The summed E-state index contributed by atoms with van der Waals surface area (Å²) in [7, 11) is 0. The third-order valence-corrected chi connectivity index (χ3v) is 3.14. The van der Waals surface area contributed by atoms with Crippen molar-refractivity contribution in [3.8, 4) is 0 Å². The number of hydrogen-bond acceptors (Lipinski definition) is 2. The zero-order chi connectivity index (χ0) is 11.7. The first-order valence-corrected chi connectivity index (χ1v) is 5.84. The number of benzene rings is 2. The Morgan fingerprint density at radius 1 is 1.00 bits per heavy atom.